The summed E-state index contributed by atoms with van der Waals surface area (Å²) in [6.45, 7) is 8.01. The highest BCUT2D eigenvalue weighted by Gasteiger charge is 2.42. The van der Waals surface area contributed by atoms with Crippen molar-refractivity contribution in [2.45, 2.75) is 58.6 Å². The number of oxazole rings is 1. The Balaban J connectivity index is 1.88. The molecule has 0 radical (unpaired) electrons. The molecule has 1 aromatic heterocycles. The van der Waals surface area contributed by atoms with Crippen LogP contribution in [-0.4, -0.2) is 47.9 Å². The molecular weight excluding hydrogens is 486 g/mol. The van der Waals surface area contributed by atoms with Gasteiger partial charge in [0.05, 0.1) is 26.0 Å². The van der Waals surface area contributed by atoms with Crippen molar-refractivity contribution in [3.05, 3.63) is 70.3 Å². The van der Waals surface area contributed by atoms with Crippen LogP contribution >= 0.6 is 0 Å². The number of methoxy groups -OCH3 is 2. The number of aromatic nitrogens is 1. The molecule has 0 saturated heterocycles. The van der Waals surface area contributed by atoms with Crippen molar-refractivity contribution in [3.63, 3.8) is 0 Å². The van der Waals surface area contributed by atoms with Gasteiger partial charge in [-0.3, -0.25) is 0 Å². The summed E-state index contributed by atoms with van der Waals surface area (Å²) in [5.41, 5.74) is 1.65. The summed E-state index contributed by atoms with van der Waals surface area (Å²) in [6, 6.07) is 14.9. The van der Waals surface area contributed by atoms with Gasteiger partial charge in [-0.25, -0.2) is 14.2 Å². The molecule has 3 aromatic rings. The first-order valence-corrected chi connectivity index (χ1v) is 12.8. The van der Waals surface area contributed by atoms with E-state index in [-0.39, 0.29) is 12.0 Å². The number of benzene rings is 2. The molecule has 1 aliphatic heterocycles. The maximum atomic E-state index is 13.3. The standard InChI is InChI=1S/C29H35N3O6/c1-7-8-16-31-21(17-19-14-15-22(35-5)23(18-19)36-6)24-25(20-12-10-9-11-13-20)37-28(34)32(24)26(31)30-27(33)38-29(2,3)4/h9-15,18,21H,7-8,16-17H2,1-6H3/b30-26-. The molecule has 1 atom stereocenters. The molecule has 1 amide bonds. The van der Waals surface area contributed by atoms with E-state index >= 15 is 0 Å². The fraction of sp³-hybridized carbons (Fsp3) is 0.414. The molecule has 1 unspecified atom stereocenters. The summed E-state index contributed by atoms with van der Waals surface area (Å²) >= 11 is 0. The summed E-state index contributed by atoms with van der Waals surface area (Å²) in [5.74, 6) is 1.31. The van der Waals surface area contributed by atoms with Crippen LogP contribution in [0.2, 0.25) is 0 Å². The van der Waals surface area contributed by atoms with Crippen LogP contribution in [0.5, 0.6) is 11.5 Å². The molecule has 0 bridgehead atoms. The molecule has 0 saturated carbocycles. The normalized spacial score (nSPS) is 16.0. The summed E-state index contributed by atoms with van der Waals surface area (Å²) in [6.07, 6.45) is 1.51. The molecule has 9 nitrogen and oxygen atoms in total. The Morgan fingerprint density at radius 3 is 2.39 bits per heavy atom. The number of rotatable bonds is 8. The van der Waals surface area contributed by atoms with Crippen LogP contribution in [0.1, 0.15) is 57.8 Å². The fourth-order valence-electron chi connectivity index (χ4n) is 4.59. The molecule has 1 aliphatic rings. The number of unbranched alkanes of at least 4 members (excludes halogenated alkanes) is 1. The maximum Gasteiger partial charge on any atom is 0.437 e. The van der Waals surface area contributed by atoms with Crippen molar-refractivity contribution in [2.24, 2.45) is 4.99 Å². The van der Waals surface area contributed by atoms with E-state index in [1.165, 1.54) is 4.57 Å². The zero-order valence-corrected chi connectivity index (χ0v) is 22.8. The molecule has 4 rings (SSSR count). The Bertz CT molecular complexity index is 1370. The Morgan fingerprint density at radius 1 is 1.05 bits per heavy atom. The van der Waals surface area contributed by atoms with Crippen LogP contribution in [-0.2, 0) is 11.2 Å². The van der Waals surface area contributed by atoms with Gasteiger partial charge in [0.15, 0.2) is 17.3 Å². The second-order valence-electron chi connectivity index (χ2n) is 10.1. The lowest BCUT2D eigenvalue weighted by Crippen LogP contribution is -2.37. The van der Waals surface area contributed by atoms with E-state index < -0.39 is 17.5 Å². The third kappa shape index (κ3) is 5.61. The van der Waals surface area contributed by atoms with E-state index in [0.29, 0.717) is 35.9 Å². The van der Waals surface area contributed by atoms with Gasteiger partial charge in [0.1, 0.15) is 5.60 Å². The van der Waals surface area contributed by atoms with Gasteiger partial charge in [0.25, 0.3) is 0 Å². The lowest BCUT2D eigenvalue weighted by molar-refractivity contribution is 0.0601. The van der Waals surface area contributed by atoms with Gasteiger partial charge in [-0.05, 0) is 51.3 Å². The summed E-state index contributed by atoms with van der Waals surface area (Å²) in [5, 5.41) is 0. The number of aliphatic imine (C=N–C) groups is 1. The highest BCUT2D eigenvalue weighted by molar-refractivity contribution is 5.95. The van der Waals surface area contributed by atoms with Crippen LogP contribution in [0.4, 0.5) is 4.79 Å². The number of hydrogen-bond donors (Lipinski definition) is 0. The van der Waals surface area contributed by atoms with Crippen LogP contribution in [0, 0.1) is 0 Å². The molecule has 0 N–H and O–H groups in total. The quantitative estimate of drug-likeness (QED) is 0.377. The van der Waals surface area contributed by atoms with Crippen molar-refractivity contribution in [3.8, 4) is 22.8 Å². The summed E-state index contributed by atoms with van der Waals surface area (Å²) in [4.78, 5) is 32.4. The molecule has 9 heteroatoms. The van der Waals surface area contributed by atoms with Gasteiger partial charge < -0.3 is 23.5 Å². The predicted molar refractivity (Wildman–Crippen MR) is 145 cm³/mol. The number of fused-ring (bicyclic) bond motifs is 1. The average molecular weight is 522 g/mol. The van der Waals surface area contributed by atoms with Gasteiger partial charge in [0, 0.05) is 12.1 Å². The Hall–Kier alpha value is -4.01. The number of carbonyl (C=O) groups is 1. The van der Waals surface area contributed by atoms with Crippen molar-refractivity contribution in [1.29, 1.82) is 0 Å². The van der Waals surface area contributed by atoms with E-state index in [4.69, 9.17) is 18.6 Å². The van der Waals surface area contributed by atoms with E-state index in [0.717, 1.165) is 24.0 Å². The fourth-order valence-corrected chi connectivity index (χ4v) is 4.59. The predicted octanol–water partition coefficient (Wildman–Crippen LogP) is 5.66. The second kappa shape index (κ2) is 11.2. The number of ether oxygens (including phenoxy) is 3. The first-order valence-electron chi connectivity index (χ1n) is 12.8. The van der Waals surface area contributed by atoms with Crippen molar-refractivity contribution < 1.29 is 23.4 Å². The van der Waals surface area contributed by atoms with E-state index in [1.807, 2.05) is 53.4 Å². The first kappa shape index (κ1) is 27.0. The third-order valence-electron chi connectivity index (χ3n) is 6.24. The minimum Gasteiger partial charge on any atom is -0.493 e. The van der Waals surface area contributed by atoms with Gasteiger partial charge in [0.2, 0.25) is 5.96 Å². The minimum absolute atomic E-state index is 0.212. The maximum absolute atomic E-state index is 13.3. The topological polar surface area (TPSA) is 95.5 Å². The minimum atomic E-state index is -0.763. The van der Waals surface area contributed by atoms with E-state index in [1.54, 1.807) is 35.0 Å². The van der Waals surface area contributed by atoms with Crippen LogP contribution in [0.15, 0.2) is 62.7 Å². The van der Waals surface area contributed by atoms with Gasteiger partial charge >= 0.3 is 11.8 Å². The SMILES string of the molecule is CCCCN1/C(=N/C(=O)OC(C)(C)C)n2c(c(-c3ccccc3)oc2=O)C1Cc1ccc(OC)c(OC)c1. The largest absolute Gasteiger partial charge is 0.493 e. The Labute approximate surface area is 222 Å². The molecule has 38 heavy (non-hydrogen) atoms. The summed E-state index contributed by atoms with van der Waals surface area (Å²) in [7, 11) is 3.19. The third-order valence-corrected chi connectivity index (χ3v) is 6.24. The molecular formula is C29H35N3O6. The zero-order valence-electron chi connectivity index (χ0n) is 22.8. The van der Waals surface area contributed by atoms with Crippen LogP contribution in [0.25, 0.3) is 11.3 Å². The van der Waals surface area contributed by atoms with Gasteiger partial charge in [-0.1, -0.05) is 49.7 Å². The van der Waals surface area contributed by atoms with Gasteiger partial charge in [-0.15, -0.1) is 4.99 Å². The molecule has 2 heterocycles. The molecule has 202 valence electrons. The number of amides is 1. The monoisotopic (exact) mass is 521 g/mol. The van der Waals surface area contributed by atoms with Crippen molar-refractivity contribution in [1.82, 2.24) is 9.47 Å². The number of hydrogen-bond acceptors (Lipinski definition) is 6. The van der Waals surface area contributed by atoms with Crippen molar-refractivity contribution in [2.75, 3.05) is 20.8 Å². The van der Waals surface area contributed by atoms with Crippen LogP contribution in [0.3, 0.4) is 0 Å². The van der Waals surface area contributed by atoms with E-state index in [2.05, 4.69) is 11.9 Å². The Kier molecular flexibility index (Phi) is 7.94. The number of carbonyl (C=O) groups excluding carboxylic acids is 1. The highest BCUT2D eigenvalue weighted by Crippen LogP contribution is 2.39. The second-order valence-corrected chi connectivity index (χ2v) is 10.1. The molecule has 2 aromatic carbocycles. The van der Waals surface area contributed by atoms with Crippen LogP contribution < -0.4 is 15.2 Å². The highest BCUT2D eigenvalue weighted by atomic mass is 16.6. The smallest absolute Gasteiger partial charge is 0.437 e. The lowest BCUT2D eigenvalue weighted by atomic mass is 9.99. The van der Waals surface area contributed by atoms with Crippen molar-refractivity contribution >= 4 is 12.1 Å². The summed E-state index contributed by atoms with van der Waals surface area (Å²) < 4.78 is 23.6. The first-order chi connectivity index (χ1) is 18.2. The Morgan fingerprint density at radius 2 is 1.76 bits per heavy atom. The molecule has 0 fully saturated rings. The molecule has 0 aliphatic carbocycles. The van der Waals surface area contributed by atoms with E-state index in [9.17, 15) is 9.59 Å². The zero-order chi connectivity index (χ0) is 27.4. The number of nitrogens with zero attached hydrogens (tertiary/aromatic N) is 3. The average Bonchev–Trinajstić information content (AvgIpc) is 3.37. The van der Waals surface area contributed by atoms with Gasteiger partial charge in [-0.2, -0.15) is 0 Å². The lowest BCUT2D eigenvalue weighted by Gasteiger charge is -2.27. The molecule has 0 spiro atoms.